The Morgan fingerprint density at radius 1 is 1.00 bits per heavy atom. The fourth-order valence-corrected chi connectivity index (χ4v) is 2.41. The highest BCUT2D eigenvalue weighted by atomic mass is 35.5. The van der Waals surface area contributed by atoms with Crippen LogP contribution in [-0.2, 0) is 6.61 Å². The lowest BCUT2D eigenvalue weighted by Crippen LogP contribution is -2.12. The molecule has 0 saturated carbocycles. The molecule has 126 valence electrons. The number of nitrogens with one attached hydrogen (secondary N) is 1. The van der Waals surface area contributed by atoms with Crippen LogP contribution in [-0.4, -0.2) is 5.91 Å². The Bertz CT molecular complexity index is 881. The molecule has 25 heavy (non-hydrogen) atoms. The molecule has 3 aromatic carbocycles. The van der Waals surface area contributed by atoms with E-state index in [4.69, 9.17) is 16.3 Å². The first-order chi connectivity index (χ1) is 12.1. The molecule has 1 N–H and O–H groups in total. The second-order valence-corrected chi connectivity index (χ2v) is 5.78. The topological polar surface area (TPSA) is 38.3 Å². The van der Waals surface area contributed by atoms with Gasteiger partial charge in [-0.15, -0.1) is 0 Å². The summed E-state index contributed by atoms with van der Waals surface area (Å²) in [6.45, 7) is 0.288. The van der Waals surface area contributed by atoms with Crippen molar-refractivity contribution >= 4 is 23.2 Å². The molecular weight excluding hydrogens is 341 g/mol. The van der Waals surface area contributed by atoms with Crippen molar-refractivity contribution in [3.63, 3.8) is 0 Å². The number of para-hydroxylation sites is 1. The molecule has 0 atom stereocenters. The third kappa shape index (κ3) is 4.58. The summed E-state index contributed by atoms with van der Waals surface area (Å²) < 4.78 is 18.6. The molecule has 0 fully saturated rings. The van der Waals surface area contributed by atoms with Crippen molar-refractivity contribution < 1.29 is 13.9 Å². The van der Waals surface area contributed by atoms with Crippen molar-refractivity contribution in [1.82, 2.24) is 0 Å². The second kappa shape index (κ2) is 7.81. The number of anilines is 1. The van der Waals surface area contributed by atoms with Crippen LogP contribution in [0, 0.1) is 5.82 Å². The molecule has 0 aliphatic heterocycles. The van der Waals surface area contributed by atoms with Crippen LogP contribution in [0.3, 0.4) is 0 Å². The van der Waals surface area contributed by atoms with Crippen molar-refractivity contribution in [2.75, 3.05) is 5.32 Å². The third-order valence-corrected chi connectivity index (χ3v) is 3.87. The van der Waals surface area contributed by atoms with E-state index in [9.17, 15) is 9.18 Å². The summed E-state index contributed by atoms with van der Waals surface area (Å²) in [6, 6.07) is 19.9. The van der Waals surface area contributed by atoms with Gasteiger partial charge in [0.05, 0.1) is 10.7 Å². The standard InChI is InChI=1S/C20H15ClFNO2/c21-18-6-1-2-7-19(18)23-20(24)15-4-3-5-17(12-15)25-13-14-8-10-16(22)11-9-14/h1-12H,13H2,(H,23,24). The smallest absolute Gasteiger partial charge is 0.255 e. The second-order valence-electron chi connectivity index (χ2n) is 5.38. The van der Waals surface area contributed by atoms with Gasteiger partial charge in [0.25, 0.3) is 5.91 Å². The molecule has 0 saturated heterocycles. The maximum atomic E-state index is 12.9. The number of carbonyl (C=O) groups excluding carboxylic acids is 1. The van der Waals surface area contributed by atoms with Crippen LogP contribution in [0.2, 0.25) is 5.02 Å². The average molecular weight is 356 g/mol. The maximum Gasteiger partial charge on any atom is 0.255 e. The van der Waals surface area contributed by atoms with Crippen LogP contribution >= 0.6 is 11.6 Å². The number of benzene rings is 3. The molecule has 0 aliphatic rings. The molecule has 0 unspecified atom stereocenters. The summed E-state index contributed by atoms with van der Waals surface area (Å²) in [6.07, 6.45) is 0. The number of hydrogen-bond acceptors (Lipinski definition) is 2. The largest absolute Gasteiger partial charge is 0.489 e. The summed E-state index contributed by atoms with van der Waals surface area (Å²) in [4.78, 5) is 12.4. The van der Waals surface area contributed by atoms with Crippen molar-refractivity contribution in [3.05, 3.63) is 94.8 Å². The zero-order chi connectivity index (χ0) is 17.6. The Labute approximate surface area is 150 Å². The van der Waals surface area contributed by atoms with E-state index in [2.05, 4.69) is 5.32 Å². The minimum absolute atomic E-state index is 0.277. The van der Waals surface area contributed by atoms with E-state index >= 15 is 0 Å². The number of rotatable bonds is 5. The molecule has 0 spiro atoms. The van der Waals surface area contributed by atoms with Gasteiger partial charge in [-0.3, -0.25) is 4.79 Å². The Morgan fingerprint density at radius 2 is 1.76 bits per heavy atom. The van der Waals surface area contributed by atoms with Gasteiger partial charge in [-0.05, 0) is 48.0 Å². The lowest BCUT2D eigenvalue weighted by Gasteiger charge is -2.10. The predicted molar refractivity (Wildman–Crippen MR) is 96.6 cm³/mol. The van der Waals surface area contributed by atoms with Gasteiger partial charge in [-0.2, -0.15) is 0 Å². The van der Waals surface area contributed by atoms with Crippen molar-refractivity contribution in [2.24, 2.45) is 0 Å². The van der Waals surface area contributed by atoms with Gasteiger partial charge in [-0.1, -0.05) is 41.9 Å². The number of halogens is 2. The van der Waals surface area contributed by atoms with E-state index in [0.717, 1.165) is 5.56 Å². The third-order valence-electron chi connectivity index (χ3n) is 3.54. The molecule has 0 aromatic heterocycles. The van der Waals surface area contributed by atoms with Crippen molar-refractivity contribution in [1.29, 1.82) is 0 Å². The van der Waals surface area contributed by atoms with Crippen molar-refractivity contribution in [2.45, 2.75) is 6.61 Å². The minimum Gasteiger partial charge on any atom is -0.489 e. The Hall–Kier alpha value is -2.85. The Kier molecular flexibility index (Phi) is 5.31. The zero-order valence-electron chi connectivity index (χ0n) is 13.2. The lowest BCUT2D eigenvalue weighted by molar-refractivity contribution is 0.102. The molecular formula is C20H15ClFNO2. The minimum atomic E-state index is -0.290. The lowest BCUT2D eigenvalue weighted by atomic mass is 10.2. The van der Waals surface area contributed by atoms with E-state index in [0.29, 0.717) is 22.0 Å². The van der Waals surface area contributed by atoms with Crippen LogP contribution in [0.1, 0.15) is 15.9 Å². The van der Waals surface area contributed by atoms with Gasteiger partial charge >= 0.3 is 0 Å². The number of ether oxygens (including phenoxy) is 1. The number of carbonyl (C=O) groups is 1. The highest BCUT2D eigenvalue weighted by molar-refractivity contribution is 6.33. The average Bonchev–Trinajstić information content (AvgIpc) is 2.63. The normalized spacial score (nSPS) is 10.3. The van der Waals surface area contributed by atoms with Gasteiger partial charge in [0, 0.05) is 5.56 Å². The van der Waals surface area contributed by atoms with Crippen LogP contribution in [0.15, 0.2) is 72.8 Å². The molecule has 0 heterocycles. The maximum absolute atomic E-state index is 12.9. The zero-order valence-corrected chi connectivity index (χ0v) is 14.0. The van der Waals surface area contributed by atoms with Crippen molar-refractivity contribution in [3.8, 4) is 5.75 Å². The summed E-state index contributed by atoms with van der Waals surface area (Å²) in [5.41, 5.74) is 1.84. The predicted octanol–water partition coefficient (Wildman–Crippen LogP) is 5.31. The molecule has 0 radical (unpaired) electrons. The molecule has 5 heteroatoms. The van der Waals surface area contributed by atoms with Crippen LogP contribution < -0.4 is 10.1 Å². The number of hydrogen-bond donors (Lipinski definition) is 1. The molecule has 3 rings (SSSR count). The van der Waals surface area contributed by atoms with E-state index < -0.39 is 0 Å². The molecule has 3 nitrogen and oxygen atoms in total. The first-order valence-electron chi connectivity index (χ1n) is 7.65. The van der Waals surface area contributed by atoms with Crippen LogP contribution in [0.25, 0.3) is 0 Å². The first-order valence-corrected chi connectivity index (χ1v) is 8.03. The monoisotopic (exact) mass is 355 g/mol. The molecule has 3 aromatic rings. The van der Waals surface area contributed by atoms with E-state index in [-0.39, 0.29) is 18.3 Å². The number of amides is 1. The van der Waals surface area contributed by atoms with Crippen LogP contribution in [0.4, 0.5) is 10.1 Å². The molecule has 1 amide bonds. The fraction of sp³-hybridized carbons (Fsp3) is 0.0500. The molecule has 0 bridgehead atoms. The summed E-state index contributed by atoms with van der Waals surface area (Å²) in [5, 5.41) is 3.24. The van der Waals surface area contributed by atoms with Gasteiger partial charge in [0.1, 0.15) is 18.2 Å². The summed E-state index contributed by atoms with van der Waals surface area (Å²) in [5.74, 6) is -0.0153. The summed E-state index contributed by atoms with van der Waals surface area (Å²) in [7, 11) is 0. The van der Waals surface area contributed by atoms with Gasteiger partial charge in [-0.25, -0.2) is 4.39 Å². The van der Waals surface area contributed by atoms with Gasteiger partial charge in [0.15, 0.2) is 0 Å². The quantitative estimate of drug-likeness (QED) is 0.673. The highest BCUT2D eigenvalue weighted by Crippen LogP contribution is 2.22. The Morgan fingerprint density at radius 3 is 2.52 bits per heavy atom. The van der Waals surface area contributed by atoms with Gasteiger partial charge < -0.3 is 10.1 Å². The Balaban J connectivity index is 1.67. The van der Waals surface area contributed by atoms with Gasteiger partial charge in [0.2, 0.25) is 0 Å². The SMILES string of the molecule is O=C(Nc1ccccc1Cl)c1cccc(OCc2ccc(F)cc2)c1. The molecule has 0 aliphatic carbocycles. The summed E-state index contributed by atoms with van der Waals surface area (Å²) >= 11 is 6.05. The van der Waals surface area contributed by atoms with E-state index in [1.54, 1.807) is 60.7 Å². The highest BCUT2D eigenvalue weighted by Gasteiger charge is 2.09. The van der Waals surface area contributed by atoms with Crippen LogP contribution in [0.5, 0.6) is 5.75 Å². The first kappa shape index (κ1) is 17.0. The van der Waals surface area contributed by atoms with E-state index in [1.807, 2.05) is 0 Å². The fourth-order valence-electron chi connectivity index (χ4n) is 2.23. The van der Waals surface area contributed by atoms with E-state index in [1.165, 1.54) is 12.1 Å².